The Morgan fingerprint density at radius 3 is 2.74 bits per heavy atom. The second-order valence-electron chi connectivity index (χ2n) is 5.31. The normalized spacial score (nSPS) is 11.7. The Labute approximate surface area is 153 Å². The molecule has 0 bridgehead atoms. The summed E-state index contributed by atoms with van der Waals surface area (Å²) in [6, 6.07) is 3.10. The minimum Gasteiger partial charge on any atom is -0.394 e. The van der Waals surface area contributed by atoms with Gasteiger partial charge in [0.25, 0.3) is 5.56 Å². The molecule has 2 heterocycles. The molecule has 0 fully saturated rings. The molecule has 142 valence electrons. The van der Waals surface area contributed by atoms with Crippen LogP contribution < -0.4 is 10.3 Å². The number of carbonyl (C=O) groups is 1. The monoisotopic (exact) mass is 402 g/mol. The van der Waals surface area contributed by atoms with Gasteiger partial charge in [0.15, 0.2) is 0 Å². The molecule has 0 atom stereocenters. The van der Waals surface area contributed by atoms with Gasteiger partial charge in [0.1, 0.15) is 0 Å². The van der Waals surface area contributed by atoms with E-state index in [1.54, 1.807) is 6.07 Å². The molecule has 0 aliphatic rings. The molecular weight excluding hydrogens is 393 g/mol. The van der Waals surface area contributed by atoms with Gasteiger partial charge in [0.2, 0.25) is 0 Å². The van der Waals surface area contributed by atoms with Crippen molar-refractivity contribution in [1.29, 1.82) is 0 Å². The predicted molar refractivity (Wildman–Crippen MR) is 87.4 cm³/mol. The maximum atomic E-state index is 12.4. The number of fused-ring (bicyclic) bond motifs is 1. The van der Waals surface area contributed by atoms with E-state index in [1.807, 2.05) is 4.98 Å². The second kappa shape index (κ2) is 7.00. The van der Waals surface area contributed by atoms with E-state index in [0.29, 0.717) is 10.9 Å². The van der Waals surface area contributed by atoms with Crippen molar-refractivity contribution in [3.63, 3.8) is 0 Å². The molecule has 3 aromatic rings. The molecule has 27 heavy (non-hydrogen) atoms. The number of nitrogens with one attached hydrogen (secondary N) is 1. The maximum Gasteiger partial charge on any atom is 0.491 e. The van der Waals surface area contributed by atoms with Gasteiger partial charge >= 0.3 is 18.2 Å². The van der Waals surface area contributed by atoms with Crippen LogP contribution in [0.4, 0.5) is 13.2 Å². The highest BCUT2D eigenvalue weighted by Crippen LogP contribution is 2.31. The van der Waals surface area contributed by atoms with Crippen molar-refractivity contribution in [2.45, 2.75) is 12.7 Å². The van der Waals surface area contributed by atoms with Crippen LogP contribution in [-0.4, -0.2) is 43.6 Å². The number of nitrogens with zero attached hydrogens (tertiary/aromatic N) is 3. The van der Waals surface area contributed by atoms with Gasteiger partial charge in [-0.3, -0.25) is 14.5 Å². The van der Waals surface area contributed by atoms with E-state index in [9.17, 15) is 22.8 Å². The number of hydrogen-bond donors (Lipinski definition) is 2. The number of aliphatic hydroxyl groups excluding tert-OH is 1. The minimum absolute atomic E-state index is 0.0871. The summed E-state index contributed by atoms with van der Waals surface area (Å²) in [5, 5.41) is 14.1. The van der Waals surface area contributed by atoms with Gasteiger partial charge in [-0.1, -0.05) is 11.6 Å². The van der Waals surface area contributed by atoms with Crippen LogP contribution in [0.1, 0.15) is 0 Å². The molecule has 2 N–H and O–H groups in total. The fourth-order valence-electron chi connectivity index (χ4n) is 2.42. The Hall–Kier alpha value is -2.92. The van der Waals surface area contributed by atoms with E-state index in [2.05, 4.69) is 14.8 Å². The summed E-state index contributed by atoms with van der Waals surface area (Å²) >= 11 is 6.05. The van der Waals surface area contributed by atoms with Crippen LogP contribution in [0.2, 0.25) is 5.02 Å². The summed E-state index contributed by atoms with van der Waals surface area (Å²) in [6.07, 6.45) is -3.78. The van der Waals surface area contributed by atoms with Crippen molar-refractivity contribution in [2.24, 2.45) is 0 Å². The lowest BCUT2D eigenvalue weighted by Gasteiger charge is -2.10. The molecule has 0 aliphatic carbocycles. The Balaban J connectivity index is 2.15. The number of carbonyl (C=O) groups excluding carboxylic acids is 1. The molecule has 12 heteroatoms. The van der Waals surface area contributed by atoms with Gasteiger partial charge < -0.3 is 9.84 Å². The van der Waals surface area contributed by atoms with E-state index in [-0.39, 0.29) is 29.4 Å². The number of aliphatic hydroxyl groups is 1. The SMILES string of the molecule is O=C(Oc1nc(-c2cc(Cl)cc3cnn(CCO)c23)cc(=O)[nH]1)C(F)(F)F. The zero-order valence-corrected chi connectivity index (χ0v) is 14.0. The minimum atomic E-state index is -5.25. The largest absolute Gasteiger partial charge is 0.491 e. The molecule has 1 aromatic carbocycles. The number of rotatable bonds is 4. The fourth-order valence-corrected chi connectivity index (χ4v) is 2.65. The molecule has 3 rings (SSSR count). The lowest BCUT2D eigenvalue weighted by Crippen LogP contribution is -2.29. The number of hydrogen-bond acceptors (Lipinski definition) is 6. The third-order valence-corrected chi connectivity index (χ3v) is 3.65. The van der Waals surface area contributed by atoms with Crippen molar-refractivity contribution < 1.29 is 27.8 Å². The Morgan fingerprint density at radius 2 is 2.07 bits per heavy atom. The van der Waals surface area contributed by atoms with Crippen LogP contribution in [0.5, 0.6) is 6.01 Å². The summed E-state index contributed by atoms with van der Waals surface area (Å²) in [5.41, 5.74) is -0.222. The van der Waals surface area contributed by atoms with Crippen molar-refractivity contribution in [3.05, 3.63) is 39.8 Å². The summed E-state index contributed by atoms with van der Waals surface area (Å²) < 4.78 is 42.6. The van der Waals surface area contributed by atoms with E-state index >= 15 is 0 Å². The zero-order valence-electron chi connectivity index (χ0n) is 13.2. The first-order chi connectivity index (χ1) is 12.7. The highest BCUT2D eigenvalue weighted by atomic mass is 35.5. The lowest BCUT2D eigenvalue weighted by molar-refractivity contribution is -0.190. The third kappa shape index (κ3) is 3.93. The highest BCUT2D eigenvalue weighted by molar-refractivity contribution is 6.31. The number of esters is 1. The van der Waals surface area contributed by atoms with E-state index in [4.69, 9.17) is 16.7 Å². The topological polar surface area (TPSA) is 110 Å². The second-order valence-corrected chi connectivity index (χ2v) is 5.74. The first-order valence-corrected chi connectivity index (χ1v) is 7.73. The van der Waals surface area contributed by atoms with Gasteiger partial charge in [0.05, 0.1) is 30.6 Å². The number of alkyl halides is 3. The van der Waals surface area contributed by atoms with Crippen molar-refractivity contribution in [1.82, 2.24) is 19.7 Å². The summed E-state index contributed by atoms with van der Waals surface area (Å²) in [5.74, 6) is -2.52. The first-order valence-electron chi connectivity index (χ1n) is 7.35. The molecule has 0 amide bonds. The van der Waals surface area contributed by atoms with Crippen LogP contribution in [0.15, 0.2) is 29.2 Å². The Bertz CT molecular complexity index is 1080. The molecule has 8 nitrogen and oxygen atoms in total. The molecule has 2 aromatic heterocycles. The molecular formula is C15H10ClF3N4O4. The van der Waals surface area contributed by atoms with Crippen LogP contribution in [0.25, 0.3) is 22.2 Å². The van der Waals surface area contributed by atoms with Gasteiger partial charge in [-0.15, -0.1) is 0 Å². The fraction of sp³-hybridized carbons (Fsp3) is 0.200. The molecule has 0 unspecified atom stereocenters. The average Bonchev–Trinajstić information content (AvgIpc) is 2.95. The predicted octanol–water partition coefficient (Wildman–Crippen LogP) is 1.90. The van der Waals surface area contributed by atoms with E-state index in [1.165, 1.54) is 16.9 Å². The van der Waals surface area contributed by atoms with Gasteiger partial charge in [-0.05, 0) is 12.1 Å². The van der Waals surface area contributed by atoms with E-state index in [0.717, 1.165) is 6.07 Å². The third-order valence-electron chi connectivity index (χ3n) is 3.43. The van der Waals surface area contributed by atoms with Gasteiger partial charge in [-0.2, -0.15) is 23.3 Å². The smallest absolute Gasteiger partial charge is 0.394 e. The number of ether oxygens (including phenoxy) is 1. The van der Waals surface area contributed by atoms with Crippen molar-refractivity contribution >= 4 is 28.5 Å². The number of halogens is 4. The summed E-state index contributed by atoms with van der Waals surface area (Å²) in [4.78, 5) is 28.5. The molecule has 0 radical (unpaired) electrons. The van der Waals surface area contributed by atoms with Crippen molar-refractivity contribution in [2.75, 3.05) is 6.61 Å². The lowest BCUT2D eigenvalue weighted by atomic mass is 10.1. The molecule has 0 aliphatic heterocycles. The Kier molecular flexibility index (Phi) is 4.89. The standard InChI is InChI=1S/C15H10ClF3N4O4/c16-8-3-7-6-20-23(1-2-24)12(7)9(4-8)10-5-11(25)22-14(21-10)27-13(26)15(17,18)19/h3-6,24H,1-2H2,(H,21,22,25). The molecule has 0 spiro atoms. The number of aromatic amines is 1. The summed E-state index contributed by atoms with van der Waals surface area (Å²) in [6.45, 7) is -0.104. The first kappa shape index (κ1) is 18.9. The zero-order chi connectivity index (χ0) is 19.8. The number of H-pyrrole nitrogens is 1. The van der Waals surface area contributed by atoms with Gasteiger partial charge in [-0.25, -0.2) is 4.79 Å². The number of aromatic nitrogens is 4. The van der Waals surface area contributed by atoms with Gasteiger partial charge in [0, 0.05) is 22.0 Å². The van der Waals surface area contributed by atoms with Crippen LogP contribution in [0, 0.1) is 0 Å². The van der Waals surface area contributed by atoms with Crippen LogP contribution in [0.3, 0.4) is 0 Å². The van der Waals surface area contributed by atoms with Crippen LogP contribution in [-0.2, 0) is 11.3 Å². The van der Waals surface area contributed by atoms with Crippen LogP contribution >= 0.6 is 11.6 Å². The van der Waals surface area contributed by atoms with Crippen molar-refractivity contribution in [3.8, 4) is 17.3 Å². The number of benzene rings is 1. The maximum absolute atomic E-state index is 12.4. The highest BCUT2D eigenvalue weighted by Gasteiger charge is 2.42. The Morgan fingerprint density at radius 1 is 1.33 bits per heavy atom. The summed E-state index contributed by atoms with van der Waals surface area (Å²) in [7, 11) is 0. The molecule has 0 saturated heterocycles. The molecule has 0 saturated carbocycles. The van der Waals surface area contributed by atoms with E-state index < -0.39 is 23.7 Å². The average molecular weight is 403 g/mol. The quantitative estimate of drug-likeness (QED) is 0.645.